The molecule has 1 heterocycles. The number of nitrogens with one attached hydrogen (secondary N) is 2. The van der Waals surface area contributed by atoms with E-state index in [0.29, 0.717) is 28.7 Å². The van der Waals surface area contributed by atoms with Gasteiger partial charge < -0.3 is 10.2 Å². The van der Waals surface area contributed by atoms with E-state index >= 15 is 0 Å². The van der Waals surface area contributed by atoms with Crippen molar-refractivity contribution in [3.05, 3.63) is 70.4 Å². The molecule has 28 heavy (non-hydrogen) atoms. The molecule has 7 heteroatoms. The van der Waals surface area contributed by atoms with E-state index in [-0.39, 0.29) is 29.4 Å². The second-order valence-corrected chi connectivity index (χ2v) is 7.14. The van der Waals surface area contributed by atoms with Crippen LogP contribution in [-0.2, 0) is 0 Å². The number of carbonyl (C=O) groups is 1. The van der Waals surface area contributed by atoms with Gasteiger partial charge in [0.1, 0.15) is 5.82 Å². The third-order valence-corrected chi connectivity index (χ3v) is 4.51. The van der Waals surface area contributed by atoms with Crippen molar-refractivity contribution in [2.75, 3.05) is 11.9 Å². The molecule has 1 aromatic heterocycles. The maximum absolute atomic E-state index is 13.1. The van der Waals surface area contributed by atoms with Crippen LogP contribution < -0.4 is 10.9 Å². The highest BCUT2D eigenvalue weighted by Gasteiger charge is 2.25. The fourth-order valence-electron chi connectivity index (χ4n) is 3.14. The van der Waals surface area contributed by atoms with Crippen molar-refractivity contribution in [2.45, 2.75) is 26.8 Å². The number of nitrogens with zero attached hydrogens (tertiary/aromatic N) is 2. The maximum atomic E-state index is 13.1. The van der Waals surface area contributed by atoms with Crippen LogP contribution in [0.3, 0.4) is 0 Å². The molecule has 1 atom stereocenters. The summed E-state index contributed by atoms with van der Waals surface area (Å²) in [5.74, 6) is -0.148. The highest BCUT2D eigenvalue weighted by Crippen LogP contribution is 2.26. The summed E-state index contributed by atoms with van der Waals surface area (Å²) < 4.78 is 13.1. The Morgan fingerprint density at radius 1 is 1.11 bits per heavy atom. The molecule has 3 rings (SSSR count). The first kappa shape index (κ1) is 19.5. The number of urea groups is 1. The summed E-state index contributed by atoms with van der Waals surface area (Å²) >= 11 is 0. The smallest absolute Gasteiger partial charge is 0.316 e. The van der Waals surface area contributed by atoms with E-state index in [1.165, 1.54) is 24.3 Å². The lowest BCUT2D eigenvalue weighted by Gasteiger charge is -2.31. The molecule has 0 bridgehead atoms. The van der Waals surface area contributed by atoms with Crippen LogP contribution in [-0.4, -0.2) is 27.7 Å². The van der Waals surface area contributed by atoms with Crippen LogP contribution in [0.1, 0.15) is 32.5 Å². The molecular formula is C21H23FN4O2. The summed E-state index contributed by atoms with van der Waals surface area (Å²) in [5, 5.41) is 10.8. The lowest BCUT2D eigenvalue weighted by atomic mass is 10.0. The van der Waals surface area contributed by atoms with Crippen molar-refractivity contribution in [1.82, 2.24) is 15.1 Å². The molecule has 0 saturated carbocycles. The molecule has 0 spiro atoms. The number of aromatic amines is 1. The minimum atomic E-state index is -0.385. The predicted octanol–water partition coefficient (Wildman–Crippen LogP) is 4.31. The van der Waals surface area contributed by atoms with Gasteiger partial charge in [-0.3, -0.25) is 4.79 Å². The Morgan fingerprint density at radius 3 is 2.39 bits per heavy atom. The maximum Gasteiger partial charge on any atom is 0.322 e. The fraction of sp³-hybridized carbons (Fsp3) is 0.286. The zero-order valence-electron chi connectivity index (χ0n) is 16.1. The molecule has 2 aromatic carbocycles. The van der Waals surface area contributed by atoms with Crippen molar-refractivity contribution in [2.24, 2.45) is 5.92 Å². The molecule has 146 valence electrons. The standard InChI is InChI=1S/C21H23FN4O2/c1-13(2)12-26(21(28)23-16-10-8-15(22)9-11-16)14(3)19-17-6-4-5-7-18(17)20(27)25-24-19/h4-11,13-14H,12H2,1-3H3,(H,23,28)(H,25,27)/t14-/m1/s1. The zero-order valence-corrected chi connectivity index (χ0v) is 16.1. The first-order valence-electron chi connectivity index (χ1n) is 9.17. The van der Waals surface area contributed by atoms with Crippen molar-refractivity contribution < 1.29 is 9.18 Å². The monoisotopic (exact) mass is 382 g/mol. The molecule has 0 unspecified atom stereocenters. The summed E-state index contributed by atoms with van der Waals surface area (Å²) in [6, 6.07) is 12.1. The van der Waals surface area contributed by atoms with Gasteiger partial charge in [-0.1, -0.05) is 32.0 Å². The normalized spacial score (nSPS) is 12.2. The number of halogens is 1. The Morgan fingerprint density at radius 2 is 1.75 bits per heavy atom. The summed E-state index contributed by atoms with van der Waals surface area (Å²) in [6.45, 7) is 6.40. The second-order valence-electron chi connectivity index (χ2n) is 7.14. The molecule has 0 fully saturated rings. The Kier molecular flexibility index (Phi) is 5.73. The third kappa shape index (κ3) is 4.19. The summed E-state index contributed by atoms with van der Waals surface area (Å²) in [4.78, 5) is 26.7. The van der Waals surface area contributed by atoms with Crippen molar-refractivity contribution in [1.29, 1.82) is 0 Å². The van der Waals surface area contributed by atoms with E-state index in [9.17, 15) is 14.0 Å². The second kappa shape index (κ2) is 8.21. The number of anilines is 1. The minimum Gasteiger partial charge on any atom is -0.316 e. The van der Waals surface area contributed by atoms with Gasteiger partial charge in [-0.15, -0.1) is 0 Å². The Hall–Kier alpha value is -3.22. The van der Waals surface area contributed by atoms with Gasteiger partial charge in [0.25, 0.3) is 5.56 Å². The Bertz CT molecular complexity index is 1030. The first-order valence-corrected chi connectivity index (χ1v) is 9.17. The highest BCUT2D eigenvalue weighted by atomic mass is 19.1. The molecule has 0 saturated heterocycles. The summed E-state index contributed by atoms with van der Waals surface area (Å²) in [5.41, 5.74) is 0.856. The lowest BCUT2D eigenvalue weighted by Crippen LogP contribution is -2.40. The van der Waals surface area contributed by atoms with Crippen LogP contribution in [0.25, 0.3) is 10.8 Å². The molecule has 0 aliphatic rings. The molecule has 3 aromatic rings. The highest BCUT2D eigenvalue weighted by molar-refractivity contribution is 5.90. The zero-order chi connectivity index (χ0) is 20.3. The topological polar surface area (TPSA) is 78.1 Å². The van der Waals surface area contributed by atoms with Gasteiger partial charge in [0, 0.05) is 17.6 Å². The van der Waals surface area contributed by atoms with Crippen LogP contribution in [0.5, 0.6) is 0 Å². The van der Waals surface area contributed by atoms with E-state index < -0.39 is 0 Å². The average molecular weight is 382 g/mol. The van der Waals surface area contributed by atoms with Crippen molar-refractivity contribution >= 4 is 22.5 Å². The predicted molar refractivity (Wildman–Crippen MR) is 108 cm³/mol. The molecule has 2 amide bonds. The van der Waals surface area contributed by atoms with E-state index in [0.717, 1.165) is 0 Å². The van der Waals surface area contributed by atoms with E-state index in [4.69, 9.17) is 0 Å². The quantitative estimate of drug-likeness (QED) is 0.690. The van der Waals surface area contributed by atoms with Crippen LogP contribution in [0.15, 0.2) is 53.3 Å². The van der Waals surface area contributed by atoms with Gasteiger partial charge in [-0.25, -0.2) is 14.3 Å². The van der Waals surface area contributed by atoms with Crippen molar-refractivity contribution in [3.8, 4) is 0 Å². The Balaban J connectivity index is 1.95. The SMILES string of the molecule is CC(C)CN(C(=O)Nc1ccc(F)cc1)[C@H](C)c1n[nH]c(=O)c2ccccc12. The van der Waals surface area contributed by atoms with Crippen LogP contribution in [0, 0.1) is 11.7 Å². The number of hydrogen-bond acceptors (Lipinski definition) is 3. The Labute approximate surface area is 162 Å². The van der Waals surface area contributed by atoms with Gasteiger partial charge in [-0.05, 0) is 43.2 Å². The number of fused-ring (bicyclic) bond motifs is 1. The number of aromatic nitrogens is 2. The van der Waals surface area contributed by atoms with Gasteiger partial charge in [0.05, 0.1) is 17.1 Å². The molecule has 0 aliphatic carbocycles. The van der Waals surface area contributed by atoms with Crippen LogP contribution >= 0.6 is 0 Å². The summed E-state index contributed by atoms with van der Waals surface area (Å²) in [7, 11) is 0. The fourth-order valence-corrected chi connectivity index (χ4v) is 3.14. The number of benzene rings is 2. The van der Waals surface area contributed by atoms with Crippen molar-refractivity contribution in [3.63, 3.8) is 0 Å². The number of hydrogen-bond donors (Lipinski definition) is 2. The molecular weight excluding hydrogens is 359 g/mol. The largest absolute Gasteiger partial charge is 0.322 e. The molecule has 0 radical (unpaired) electrons. The van der Waals surface area contributed by atoms with E-state index in [1.807, 2.05) is 32.9 Å². The number of H-pyrrole nitrogens is 1. The first-order chi connectivity index (χ1) is 13.4. The molecule has 2 N–H and O–H groups in total. The number of rotatable bonds is 5. The molecule has 6 nitrogen and oxygen atoms in total. The average Bonchev–Trinajstić information content (AvgIpc) is 2.68. The van der Waals surface area contributed by atoms with Gasteiger partial charge in [0.2, 0.25) is 0 Å². The molecule has 0 aliphatic heterocycles. The van der Waals surface area contributed by atoms with E-state index in [2.05, 4.69) is 15.5 Å². The lowest BCUT2D eigenvalue weighted by molar-refractivity contribution is 0.182. The minimum absolute atomic E-state index is 0.218. The van der Waals surface area contributed by atoms with E-state index in [1.54, 1.807) is 17.0 Å². The van der Waals surface area contributed by atoms with Gasteiger partial charge in [-0.2, -0.15) is 5.10 Å². The van der Waals surface area contributed by atoms with Gasteiger partial charge >= 0.3 is 6.03 Å². The third-order valence-electron chi connectivity index (χ3n) is 4.51. The number of amides is 2. The summed E-state index contributed by atoms with van der Waals surface area (Å²) in [6.07, 6.45) is 0. The van der Waals surface area contributed by atoms with Gasteiger partial charge in [0.15, 0.2) is 0 Å². The number of carbonyl (C=O) groups excluding carboxylic acids is 1. The van der Waals surface area contributed by atoms with Crippen LogP contribution in [0.4, 0.5) is 14.9 Å². The van der Waals surface area contributed by atoms with Crippen LogP contribution in [0.2, 0.25) is 0 Å².